The fourth-order valence-electron chi connectivity index (χ4n) is 1.91. The van der Waals surface area contributed by atoms with Gasteiger partial charge in [0.05, 0.1) is 0 Å². The van der Waals surface area contributed by atoms with E-state index in [1.165, 1.54) is 0 Å². The molecule has 5 nitrogen and oxygen atoms in total. The van der Waals surface area contributed by atoms with Crippen LogP contribution in [0.3, 0.4) is 0 Å². The van der Waals surface area contributed by atoms with Crippen molar-refractivity contribution in [1.82, 2.24) is 20.4 Å². The van der Waals surface area contributed by atoms with Crippen LogP contribution in [0.4, 0.5) is 0 Å². The zero-order valence-corrected chi connectivity index (χ0v) is 9.68. The number of rotatable bonds is 3. The van der Waals surface area contributed by atoms with Crippen LogP contribution in [0.5, 0.6) is 0 Å². The fraction of sp³-hybridized carbons (Fsp3) is 0.417. The Bertz CT molecular complexity index is 519. The van der Waals surface area contributed by atoms with Gasteiger partial charge >= 0.3 is 0 Å². The second-order valence-electron chi connectivity index (χ2n) is 4.43. The minimum atomic E-state index is 0.641. The monoisotopic (exact) mass is 230 g/mol. The summed E-state index contributed by atoms with van der Waals surface area (Å²) < 4.78 is 5.27. The third-order valence-electron chi connectivity index (χ3n) is 3.06. The average molecular weight is 230 g/mol. The number of aryl methyl sites for hydroxylation is 1. The number of aromatic nitrogens is 3. The lowest BCUT2D eigenvalue weighted by Gasteiger charge is -2.25. The first-order valence-corrected chi connectivity index (χ1v) is 5.77. The fourth-order valence-corrected chi connectivity index (χ4v) is 1.91. The van der Waals surface area contributed by atoms with Crippen molar-refractivity contribution in [2.75, 3.05) is 13.1 Å². The minimum absolute atomic E-state index is 0.641. The molecule has 0 aromatic carbocycles. The van der Waals surface area contributed by atoms with Gasteiger partial charge in [0.15, 0.2) is 0 Å². The van der Waals surface area contributed by atoms with Crippen LogP contribution in [0.25, 0.3) is 11.4 Å². The summed E-state index contributed by atoms with van der Waals surface area (Å²) >= 11 is 0. The molecule has 1 N–H and O–H groups in total. The molecule has 0 saturated carbocycles. The number of hydrogen-bond donors (Lipinski definition) is 1. The molecule has 3 rings (SSSR count). The molecular formula is C12H14N4O. The highest BCUT2D eigenvalue weighted by molar-refractivity contribution is 5.57. The Morgan fingerprint density at radius 1 is 1.47 bits per heavy atom. The SMILES string of the molecule is Cc1cnccc1-c1noc(CC2CNC2)n1. The van der Waals surface area contributed by atoms with E-state index >= 15 is 0 Å². The summed E-state index contributed by atoms with van der Waals surface area (Å²) in [6.45, 7) is 4.09. The number of hydrogen-bond acceptors (Lipinski definition) is 5. The van der Waals surface area contributed by atoms with Gasteiger partial charge in [-0.25, -0.2) is 0 Å². The number of pyridine rings is 1. The average Bonchev–Trinajstić information content (AvgIpc) is 2.73. The Kier molecular flexibility index (Phi) is 2.60. The first kappa shape index (κ1) is 10.4. The van der Waals surface area contributed by atoms with E-state index in [-0.39, 0.29) is 0 Å². The van der Waals surface area contributed by atoms with Crippen molar-refractivity contribution in [3.05, 3.63) is 29.9 Å². The van der Waals surface area contributed by atoms with Crippen LogP contribution >= 0.6 is 0 Å². The Morgan fingerprint density at radius 2 is 2.35 bits per heavy atom. The molecule has 88 valence electrons. The summed E-state index contributed by atoms with van der Waals surface area (Å²) in [6, 6.07) is 1.91. The summed E-state index contributed by atoms with van der Waals surface area (Å²) in [5, 5.41) is 7.26. The maximum Gasteiger partial charge on any atom is 0.227 e. The molecule has 17 heavy (non-hydrogen) atoms. The molecule has 0 bridgehead atoms. The Labute approximate surface area is 99.3 Å². The normalized spacial score (nSPS) is 15.8. The van der Waals surface area contributed by atoms with Crippen molar-refractivity contribution in [2.45, 2.75) is 13.3 Å². The minimum Gasteiger partial charge on any atom is -0.339 e. The van der Waals surface area contributed by atoms with Gasteiger partial charge in [-0.05, 0) is 37.6 Å². The highest BCUT2D eigenvalue weighted by Gasteiger charge is 2.20. The van der Waals surface area contributed by atoms with E-state index in [1.807, 2.05) is 13.0 Å². The van der Waals surface area contributed by atoms with Crippen LogP contribution in [0.2, 0.25) is 0 Å². The van der Waals surface area contributed by atoms with E-state index in [4.69, 9.17) is 4.52 Å². The molecule has 0 atom stereocenters. The van der Waals surface area contributed by atoms with Crippen molar-refractivity contribution in [3.63, 3.8) is 0 Å². The molecule has 0 radical (unpaired) electrons. The quantitative estimate of drug-likeness (QED) is 0.858. The van der Waals surface area contributed by atoms with Crippen LogP contribution in [-0.2, 0) is 6.42 Å². The maximum absolute atomic E-state index is 5.27. The van der Waals surface area contributed by atoms with Crippen molar-refractivity contribution < 1.29 is 4.52 Å². The van der Waals surface area contributed by atoms with E-state index in [0.717, 1.165) is 36.5 Å². The third-order valence-corrected chi connectivity index (χ3v) is 3.06. The summed E-state index contributed by atoms with van der Waals surface area (Å²) in [5.74, 6) is 2.02. The summed E-state index contributed by atoms with van der Waals surface area (Å²) in [5.41, 5.74) is 2.05. The van der Waals surface area contributed by atoms with Crippen LogP contribution in [-0.4, -0.2) is 28.2 Å². The lowest BCUT2D eigenvalue weighted by molar-refractivity contribution is 0.296. The van der Waals surface area contributed by atoms with Crippen molar-refractivity contribution in [1.29, 1.82) is 0 Å². The van der Waals surface area contributed by atoms with Crippen LogP contribution < -0.4 is 5.32 Å². The number of nitrogens with zero attached hydrogens (tertiary/aromatic N) is 3. The molecule has 1 aliphatic rings. The molecule has 1 aliphatic heterocycles. The highest BCUT2D eigenvalue weighted by atomic mass is 16.5. The van der Waals surface area contributed by atoms with Gasteiger partial charge in [0.2, 0.25) is 11.7 Å². The van der Waals surface area contributed by atoms with Crippen LogP contribution in [0, 0.1) is 12.8 Å². The van der Waals surface area contributed by atoms with Gasteiger partial charge in [0.1, 0.15) is 0 Å². The molecule has 0 aliphatic carbocycles. The first-order valence-electron chi connectivity index (χ1n) is 5.77. The van der Waals surface area contributed by atoms with Gasteiger partial charge in [-0.15, -0.1) is 0 Å². The van der Waals surface area contributed by atoms with Gasteiger partial charge in [-0.3, -0.25) is 4.98 Å². The van der Waals surface area contributed by atoms with E-state index in [9.17, 15) is 0 Å². The van der Waals surface area contributed by atoms with E-state index < -0.39 is 0 Å². The molecular weight excluding hydrogens is 216 g/mol. The summed E-state index contributed by atoms with van der Waals surface area (Å²) in [4.78, 5) is 8.48. The van der Waals surface area contributed by atoms with Gasteiger partial charge in [0, 0.05) is 24.4 Å². The van der Waals surface area contributed by atoms with Gasteiger partial charge in [-0.2, -0.15) is 4.98 Å². The molecule has 5 heteroatoms. The standard InChI is InChI=1S/C12H14N4O/c1-8-5-13-3-2-10(8)12-15-11(17-16-12)4-9-6-14-7-9/h2-3,5,9,14H,4,6-7H2,1H3. The van der Waals surface area contributed by atoms with Gasteiger partial charge < -0.3 is 9.84 Å². The predicted octanol–water partition coefficient (Wildman–Crippen LogP) is 1.20. The molecule has 2 aromatic rings. The smallest absolute Gasteiger partial charge is 0.227 e. The Hall–Kier alpha value is -1.75. The van der Waals surface area contributed by atoms with Crippen molar-refractivity contribution in [3.8, 4) is 11.4 Å². The third kappa shape index (κ3) is 2.06. The highest BCUT2D eigenvalue weighted by Crippen LogP contribution is 2.20. The molecule has 3 heterocycles. The number of nitrogens with one attached hydrogen (secondary N) is 1. The van der Waals surface area contributed by atoms with Crippen molar-refractivity contribution >= 4 is 0 Å². The van der Waals surface area contributed by atoms with E-state index in [2.05, 4.69) is 20.4 Å². The molecule has 0 spiro atoms. The lowest BCUT2D eigenvalue weighted by atomic mass is 10.00. The Balaban J connectivity index is 1.82. The van der Waals surface area contributed by atoms with Gasteiger partial charge in [-0.1, -0.05) is 5.16 Å². The maximum atomic E-state index is 5.27. The molecule has 2 aromatic heterocycles. The topological polar surface area (TPSA) is 63.8 Å². The zero-order chi connectivity index (χ0) is 11.7. The molecule has 1 fully saturated rings. The van der Waals surface area contributed by atoms with Crippen LogP contribution in [0.15, 0.2) is 23.0 Å². The second-order valence-corrected chi connectivity index (χ2v) is 4.43. The Morgan fingerprint density at radius 3 is 3.06 bits per heavy atom. The zero-order valence-electron chi connectivity index (χ0n) is 9.68. The summed E-state index contributed by atoms with van der Waals surface area (Å²) in [7, 11) is 0. The van der Waals surface area contributed by atoms with E-state index in [0.29, 0.717) is 11.7 Å². The molecule has 0 unspecified atom stereocenters. The summed E-state index contributed by atoms with van der Waals surface area (Å²) in [6.07, 6.45) is 4.42. The van der Waals surface area contributed by atoms with Crippen LogP contribution in [0.1, 0.15) is 11.5 Å². The molecule has 0 amide bonds. The first-order chi connectivity index (χ1) is 8.33. The second kappa shape index (κ2) is 4.25. The predicted molar refractivity (Wildman–Crippen MR) is 62.3 cm³/mol. The molecule has 1 saturated heterocycles. The lowest BCUT2D eigenvalue weighted by Crippen LogP contribution is -2.43. The largest absolute Gasteiger partial charge is 0.339 e. The van der Waals surface area contributed by atoms with E-state index in [1.54, 1.807) is 12.4 Å². The van der Waals surface area contributed by atoms with Crippen molar-refractivity contribution in [2.24, 2.45) is 5.92 Å². The van der Waals surface area contributed by atoms with Gasteiger partial charge in [0.25, 0.3) is 0 Å².